The molecular formula is C12H15NO3S3. The molecule has 0 aliphatic carbocycles. The zero-order valence-corrected chi connectivity index (χ0v) is 13.1. The van der Waals surface area contributed by atoms with Crippen LogP contribution in [0.15, 0.2) is 22.4 Å². The Labute approximate surface area is 120 Å². The minimum atomic E-state index is -3.50. The van der Waals surface area contributed by atoms with Crippen molar-refractivity contribution in [3.63, 3.8) is 0 Å². The van der Waals surface area contributed by atoms with Crippen molar-refractivity contribution in [1.29, 1.82) is 0 Å². The summed E-state index contributed by atoms with van der Waals surface area (Å²) in [5.74, 6) is 0. The Morgan fingerprint density at radius 1 is 1.26 bits per heavy atom. The molecule has 0 atom stereocenters. The zero-order chi connectivity index (χ0) is 14.0. The van der Waals surface area contributed by atoms with Crippen molar-refractivity contribution >= 4 is 32.7 Å². The van der Waals surface area contributed by atoms with Gasteiger partial charge < -0.3 is 5.11 Å². The molecular weight excluding hydrogens is 302 g/mol. The number of sulfonamides is 1. The highest BCUT2D eigenvalue weighted by Gasteiger charge is 2.16. The fourth-order valence-electron chi connectivity index (χ4n) is 1.57. The van der Waals surface area contributed by atoms with Gasteiger partial charge in [-0.3, -0.25) is 0 Å². The topological polar surface area (TPSA) is 66.4 Å². The van der Waals surface area contributed by atoms with E-state index in [-0.39, 0.29) is 11.5 Å². The molecule has 0 saturated heterocycles. The lowest BCUT2D eigenvalue weighted by atomic mass is 10.3. The SMILES string of the molecule is Cc1cc(CNS(=O)(=O)c2csc(CO)c2)sc1C. The van der Waals surface area contributed by atoms with Crippen LogP contribution in [0.4, 0.5) is 0 Å². The number of nitrogens with one attached hydrogen (secondary N) is 1. The van der Waals surface area contributed by atoms with Crippen molar-refractivity contribution in [2.75, 3.05) is 0 Å². The third-order valence-electron chi connectivity index (χ3n) is 2.75. The molecule has 0 aliphatic heterocycles. The Morgan fingerprint density at radius 3 is 2.53 bits per heavy atom. The van der Waals surface area contributed by atoms with Gasteiger partial charge >= 0.3 is 0 Å². The first kappa shape index (κ1) is 14.7. The van der Waals surface area contributed by atoms with Gasteiger partial charge in [0.05, 0.1) is 11.5 Å². The summed E-state index contributed by atoms with van der Waals surface area (Å²) in [5.41, 5.74) is 1.18. The predicted molar refractivity (Wildman–Crippen MR) is 78.1 cm³/mol. The highest BCUT2D eigenvalue weighted by molar-refractivity contribution is 7.89. The van der Waals surface area contributed by atoms with E-state index in [1.54, 1.807) is 16.7 Å². The van der Waals surface area contributed by atoms with E-state index >= 15 is 0 Å². The molecule has 0 unspecified atom stereocenters. The van der Waals surface area contributed by atoms with Gasteiger partial charge in [-0.15, -0.1) is 22.7 Å². The molecule has 0 spiro atoms. The first-order valence-corrected chi connectivity index (χ1v) is 8.84. The van der Waals surface area contributed by atoms with Gasteiger partial charge in [0.1, 0.15) is 0 Å². The van der Waals surface area contributed by atoms with Crippen LogP contribution >= 0.6 is 22.7 Å². The monoisotopic (exact) mass is 317 g/mol. The van der Waals surface area contributed by atoms with Gasteiger partial charge in [0.2, 0.25) is 10.0 Å². The number of aryl methyl sites for hydroxylation is 2. The first-order chi connectivity index (χ1) is 8.92. The van der Waals surface area contributed by atoms with Crippen molar-refractivity contribution in [1.82, 2.24) is 4.72 Å². The minimum Gasteiger partial charge on any atom is -0.391 e. The van der Waals surface area contributed by atoms with Crippen LogP contribution in [-0.2, 0) is 23.2 Å². The molecule has 2 heterocycles. The van der Waals surface area contributed by atoms with E-state index in [9.17, 15) is 8.42 Å². The van der Waals surface area contributed by atoms with Crippen molar-refractivity contribution < 1.29 is 13.5 Å². The second-order valence-electron chi connectivity index (χ2n) is 4.18. The maximum Gasteiger partial charge on any atom is 0.241 e. The van der Waals surface area contributed by atoms with Crippen LogP contribution in [0.3, 0.4) is 0 Å². The Balaban J connectivity index is 2.09. The highest BCUT2D eigenvalue weighted by atomic mass is 32.2. The van der Waals surface area contributed by atoms with Crippen LogP contribution < -0.4 is 4.72 Å². The van der Waals surface area contributed by atoms with E-state index in [1.807, 2.05) is 19.9 Å². The number of thiophene rings is 2. The summed E-state index contributed by atoms with van der Waals surface area (Å²) in [7, 11) is -3.50. The Morgan fingerprint density at radius 2 is 2.00 bits per heavy atom. The lowest BCUT2D eigenvalue weighted by Crippen LogP contribution is -2.22. The quantitative estimate of drug-likeness (QED) is 0.890. The highest BCUT2D eigenvalue weighted by Crippen LogP contribution is 2.22. The summed E-state index contributed by atoms with van der Waals surface area (Å²) < 4.78 is 26.7. The molecule has 0 amide bonds. The molecule has 0 bridgehead atoms. The lowest BCUT2D eigenvalue weighted by molar-refractivity contribution is 0.285. The van der Waals surface area contributed by atoms with Crippen molar-refractivity contribution in [3.05, 3.63) is 37.7 Å². The van der Waals surface area contributed by atoms with Gasteiger partial charge in [0.25, 0.3) is 0 Å². The third-order valence-corrected chi connectivity index (χ3v) is 6.35. The lowest BCUT2D eigenvalue weighted by Gasteiger charge is -2.02. The van der Waals surface area contributed by atoms with Crippen LogP contribution in [-0.4, -0.2) is 13.5 Å². The maximum atomic E-state index is 12.0. The van der Waals surface area contributed by atoms with Crippen LogP contribution in [0.1, 0.15) is 20.2 Å². The van der Waals surface area contributed by atoms with E-state index in [0.717, 1.165) is 4.88 Å². The summed E-state index contributed by atoms with van der Waals surface area (Å²) in [6.07, 6.45) is 0. The Bertz CT molecular complexity index is 651. The largest absolute Gasteiger partial charge is 0.391 e. The van der Waals surface area contributed by atoms with Crippen molar-refractivity contribution in [2.45, 2.75) is 31.9 Å². The van der Waals surface area contributed by atoms with E-state index in [1.165, 1.54) is 27.8 Å². The van der Waals surface area contributed by atoms with Crippen LogP contribution in [0.25, 0.3) is 0 Å². The number of rotatable bonds is 5. The third kappa shape index (κ3) is 3.43. The van der Waals surface area contributed by atoms with Gasteiger partial charge in [-0.1, -0.05) is 0 Å². The molecule has 2 aromatic heterocycles. The summed E-state index contributed by atoms with van der Waals surface area (Å²) in [6.45, 7) is 4.19. The van der Waals surface area contributed by atoms with E-state index in [4.69, 9.17) is 5.11 Å². The second kappa shape index (κ2) is 5.72. The molecule has 19 heavy (non-hydrogen) atoms. The van der Waals surface area contributed by atoms with Crippen molar-refractivity contribution in [3.8, 4) is 0 Å². The fraction of sp³-hybridized carbons (Fsp3) is 0.333. The zero-order valence-electron chi connectivity index (χ0n) is 10.6. The molecule has 104 valence electrons. The standard InChI is InChI=1S/C12H15NO3S3/c1-8-3-10(18-9(8)2)5-13-19(15,16)12-4-11(6-14)17-7-12/h3-4,7,13-14H,5-6H2,1-2H3. The van der Waals surface area contributed by atoms with Crippen molar-refractivity contribution in [2.24, 2.45) is 0 Å². The number of hydrogen-bond donors (Lipinski definition) is 2. The summed E-state index contributed by atoms with van der Waals surface area (Å²) in [4.78, 5) is 3.05. The van der Waals surface area contributed by atoms with Gasteiger partial charge in [0, 0.05) is 26.6 Å². The molecule has 0 aromatic carbocycles. The van der Waals surface area contributed by atoms with Gasteiger partial charge in [-0.25, -0.2) is 13.1 Å². The Kier molecular flexibility index (Phi) is 4.42. The number of hydrogen-bond acceptors (Lipinski definition) is 5. The van der Waals surface area contributed by atoms with Gasteiger partial charge in [-0.05, 0) is 31.5 Å². The van der Waals surface area contributed by atoms with E-state index < -0.39 is 10.0 Å². The van der Waals surface area contributed by atoms with Crippen LogP contribution in [0.2, 0.25) is 0 Å². The number of aliphatic hydroxyl groups is 1. The molecule has 0 fully saturated rings. The molecule has 4 nitrogen and oxygen atoms in total. The molecule has 2 N–H and O–H groups in total. The molecule has 0 saturated carbocycles. The summed E-state index contributed by atoms with van der Waals surface area (Å²) in [6, 6.07) is 3.49. The molecule has 7 heteroatoms. The first-order valence-electron chi connectivity index (χ1n) is 5.66. The summed E-state index contributed by atoms with van der Waals surface area (Å²) >= 11 is 2.83. The van der Waals surface area contributed by atoms with Crippen LogP contribution in [0, 0.1) is 13.8 Å². The minimum absolute atomic E-state index is 0.135. The summed E-state index contributed by atoms with van der Waals surface area (Å²) in [5, 5.41) is 10.5. The fourth-order valence-corrected chi connectivity index (χ4v) is 4.80. The number of aliphatic hydroxyl groups excluding tert-OH is 1. The average molecular weight is 317 g/mol. The van der Waals surface area contributed by atoms with Gasteiger partial charge in [-0.2, -0.15) is 0 Å². The molecule has 2 rings (SSSR count). The Hall–Kier alpha value is -0.730. The van der Waals surface area contributed by atoms with Gasteiger partial charge in [0.15, 0.2) is 0 Å². The van der Waals surface area contributed by atoms with Crippen LogP contribution in [0.5, 0.6) is 0 Å². The normalized spacial score (nSPS) is 11.9. The smallest absolute Gasteiger partial charge is 0.241 e. The molecule has 0 aliphatic rings. The average Bonchev–Trinajstić information content (AvgIpc) is 2.95. The molecule has 0 radical (unpaired) electrons. The van der Waals surface area contributed by atoms with E-state index in [0.29, 0.717) is 11.4 Å². The maximum absolute atomic E-state index is 12.0. The molecule has 2 aromatic rings. The predicted octanol–water partition coefficient (Wildman–Crippen LogP) is 2.40. The van der Waals surface area contributed by atoms with E-state index in [2.05, 4.69) is 4.72 Å². The second-order valence-corrected chi connectivity index (χ2v) is 8.29.